The monoisotopic (exact) mass is 274 g/mol. The van der Waals surface area contributed by atoms with Crippen molar-refractivity contribution in [2.45, 2.75) is 97.3 Å². The van der Waals surface area contributed by atoms with Crippen molar-refractivity contribution in [1.29, 1.82) is 0 Å². The van der Waals surface area contributed by atoms with Crippen LogP contribution in [0.15, 0.2) is 0 Å². The Morgan fingerprint density at radius 2 is 0.684 bits per heavy atom. The Morgan fingerprint density at radius 1 is 0.421 bits per heavy atom. The van der Waals surface area contributed by atoms with Crippen LogP contribution in [0.4, 0.5) is 0 Å². The summed E-state index contributed by atoms with van der Waals surface area (Å²) in [5.41, 5.74) is 0. The van der Waals surface area contributed by atoms with Crippen LogP contribution in [0, 0.1) is 0 Å². The quantitative estimate of drug-likeness (QED) is 0.460. The fourth-order valence-corrected chi connectivity index (χ4v) is 1.96. The van der Waals surface area contributed by atoms with E-state index in [-0.39, 0.29) is 0 Å². The molecule has 2 N–H and O–H groups in total. The lowest BCUT2D eigenvalue weighted by Crippen LogP contribution is -1.83. The predicted octanol–water partition coefficient (Wildman–Crippen LogP) is 5.07. The maximum absolute atomic E-state index is 8.51. The van der Waals surface area contributed by atoms with Gasteiger partial charge >= 0.3 is 0 Å². The molecule has 0 bridgehead atoms. The fraction of sp³-hybridized carbons (Fsp3) is 1.00. The first-order valence-corrected chi connectivity index (χ1v) is 8.55. The molecular weight excluding hydrogens is 236 g/mol. The van der Waals surface area contributed by atoms with Gasteiger partial charge in [0, 0.05) is 13.2 Å². The zero-order valence-electron chi connectivity index (χ0n) is 13.5. The highest BCUT2D eigenvalue weighted by Crippen LogP contribution is 2.07. The first-order valence-electron chi connectivity index (χ1n) is 8.55. The van der Waals surface area contributed by atoms with Crippen LogP contribution in [0.25, 0.3) is 0 Å². The number of aliphatic hydroxyl groups excluding tert-OH is 2. The van der Waals surface area contributed by atoms with Crippen LogP contribution in [-0.4, -0.2) is 23.4 Å². The molecule has 19 heavy (non-hydrogen) atoms. The average Bonchev–Trinajstić information content (AvgIpc) is 2.44. The van der Waals surface area contributed by atoms with Crippen molar-refractivity contribution in [1.82, 2.24) is 0 Å². The van der Waals surface area contributed by atoms with Crippen molar-refractivity contribution < 1.29 is 10.2 Å². The average molecular weight is 274 g/mol. The molecule has 0 saturated carbocycles. The molecule has 2 nitrogen and oxygen atoms in total. The van der Waals surface area contributed by atoms with E-state index in [2.05, 4.69) is 13.8 Å². The second-order valence-corrected chi connectivity index (χ2v) is 5.34. The Morgan fingerprint density at radius 3 is 0.947 bits per heavy atom. The van der Waals surface area contributed by atoms with Gasteiger partial charge in [-0.3, -0.25) is 0 Å². The van der Waals surface area contributed by atoms with Crippen LogP contribution in [0.2, 0.25) is 0 Å². The topological polar surface area (TPSA) is 40.5 Å². The summed E-state index contributed by atoms with van der Waals surface area (Å²) in [6.07, 6.45) is 16.5. The van der Waals surface area contributed by atoms with Crippen molar-refractivity contribution in [3.05, 3.63) is 0 Å². The van der Waals surface area contributed by atoms with Crippen LogP contribution in [0.5, 0.6) is 0 Å². The first kappa shape index (κ1) is 21.2. The van der Waals surface area contributed by atoms with Gasteiger partial charge in [0.25, 0.3) is 0 Å². The first-order chi connectivity index (χ1) is 9.33. The Hall–Kier alpha value is -0.0800. The molecule has 0 aliphatic carbocycles. The number of rotatable bonds is 13. The summed E-state index contributed by atoms with van der Waals surface area (Å²) >= 11 is 0. The molecule has 0 unspecified atom stereocenters. The highest BCUT2D eigenvalue weighted by molar-refractivity contribution is 4.44. The highest BCUT2D eigenvalue weighted by atomic mass is 16.3. The van der Waals surface area contributed by atoms with Crippen LogP contribution >= 0.6 is 0 Å². The molecule has 0 spiro atoms. The SMILES string of the molecule is CCCCCCCCCCO.CCCCCCCO. The van der Waals surface area contributed by atoms with Crippen LogP contribution < -0.4 is 0 Å². The minimum absolute atomic E-state index is 0.365. The lowest BCUT2D eigenvalue weighted by molar-refractivity contribution is 0.282. The third-order valence-corrected chi connectivity index (χ3v) is 3.27. The standard InChI is InChI=1S/C10H22O.C7H16O/c1-2-3-4-5-6-7-8-9-10-11;1-2-3-4-5-6-7-8/h11H,2-10H2,1H3;8H,2-7H2,1H3. The van der Waals surface area contributed by atoms with E-state index >= 15 is 0 Å². The van der Waals surface area contributed by atoms with Gasteiger partial charge in [-0.1, -0.05) is 84.5 Å². The van der Waals surface area contributed by atoms with E-state index in [0.29, 0.717) is 13.2 Å². The van der Waals surface area contributed by atoms with E-state index in [1.807, 2.05) is 0 Å². The molecule has 0 aromatic carbocycles. The van der Waals surface area contributed by atoms with Crippen molar-refractivity contribution in [3.63, 3.8) is 0 Å². The Labute approximate surface area is 121 Å². The molecule has 0 amide bonds. The zero-order chi connectivity index (χ0) is 14.6. The molecule has 0 radical (unpaired) electrons. The summed E-state index contributed by atoms with van der Waals surface area (Å²) in [4.78, 5) is 0. The van der Waals surface area contributed by atoms with Gasteiger partial charge in [0.15, 0.2) is 0 Å². The van der Waals surface area contributed by atoms with Crippen LogP contribution in [-0.2, 0) is 0 Å². The van der Waals surface area contributed by atoms with E-state index in [1.165, 1.54) is 70.6 Å². The molecule has 2 heteroatoms. The molecule has 0 aromatic rings. The van der Waals surface area contributed by atoms with Crippen LogP contribution in [0.3, 0.4) is 0 Å². The normalized spacial score (nSPS) is 10.1. The number of unbranched alkanes of at least 4 members (excludes halogenated alkanes) is 11. The van der Waals surface area contributed by atoms with Gasteiger partial charge in [-0.25, -0.2) is 0 Å². The van der Waals surface area contributed by atoms with Gasteiger partial charge in [0.2, 0.25) is 0 Å². The summed E-state index contributed by atoms with van der Waals surface area (Å²) < 4.78 is 0. The molecule has 0 heterocycles. The van der Waals surface area contributed by atoms with Crippen molar-refractivity contribution in [2.75, 3.05) is 13.2 Å². The summed E-state index contributed by atoms with van der Waals surface area (Å²) in [6.45, 7) is 5.17. The summed E-state index contributed by atoms with van der Waals surface area (Å²) in [7, 11) is 0. The van der Waals surface area contributed by atoms with E-state index in [9.17, 15) is 0 Å². The smallest absolute Gasteiger partial charge is 0.0431 e. The van der Waals surface area contributed by atoms with Crippen molar-refractivity contribution in [2.24, 2.45) is 0 Å². The minimum atomic E-state index is 0.365. The van der Waals surface area contributed by atoms with Crippen molar-refractivity contribution in [3.8, 4) is 0 Å². The zero-order valence-corrected chi connectivity index (χ0v) is 13.5. The Balaban J connectivity index is 0. The number of hydrogen-bond donors (Lipinski definition) is 2. The maximum atomic E-state index is 8.51. The van der Waals surface area contributed by atoms with Gasteiger partial charge in [0.1, 0.15) is 0 Å². The maximum Gasteiger partial charge on any atom is 0.0431 e. The molecule has 118 valence electrons. The second kappa shape index (κ2) is 23.0. The summed E-state index contributed by atoms with van der Waals surface area (Å²) in [5.74, 6) is 0. The molecule has 0 saturated heterocycles. The fourth-order valence-electron chi connectivity index (χ4n) is 1.96. The van der Waals surface area contributed by atoms with E-state index in [0.717, 1.165) is 12.8 Å². The second-order valence-electron chi connectivity index (χ2n) is 5.34. The number of aliphatic hydroxyl groups is 2. The molecular formula is C17H38O2. The third kappa shape index (κ3) is 27.2. The van der Waals surface area contributed by atoms with Gasteiger partial charge in [-0.15, -0.1) is 0 Å². The summed E-state index contributed by atoms with van der Waals surface area (Å²) in [6, 6.07) is 0. The Bertz CT molecular complexity index is 112. The highest BCUT2D eigenvalue weighted by Gasteiger charge is 1.89. The summed E-state index contributed by atoms with van der Waals surface area (Å²) in [5, 5.41) is 16.9. The lowest BCUT2D eigenvalue weighted by atomic mass is 10.1. The van der Waals surface area contributed by atoms with E-state index < -0.39 is 0 Å². The van der Waals surface area contributed by atoms with Crippen LogP contribution in [0.1, 0.15) is 97.3 Å². The molecule has 0 rings (SSSR count). The largest absolute Gasteiger partial charge is 0.396 e. The molecule has 0 aliphatic heterocycles. The third-order valence-electron chi connectivity index (χ3n) is 3.27. The molecule has 0 aromatic heterocycles. The molecule has 0 atom stereocenters. The van der Waals surface area contributed by atoms with Gasteiger partial charge in [-0.2, -0.15) is 0 Å². The van der Waals surface area contributed by atoms with E-state index in [1.54, 1.807) is 0 Å². The van der Waals surface area contributed by atoms with Gasteiger partial charge < -0.3 is 10.2 Å². The molecule has 0 aliphatic rings. The predicted molar refractivity (Wildman–Crippen MR) is 85.5 cm³/mol. The van der Waals surface area contributed by atoms with Gasteiger partial charge in [0.05, 0.1) is 0 Å². The molecule has 0 fully saturated rings. The minimum Gasteiger partial charge on any atom is -0.396 e. The lowest BCUT2D eigenvalue weighted by Gasteiger charge is -1.98. The van der Waals surface area contributed by atoms with Gasteiger partial charge in [-0.05, 0) is 12.8 Å². The number of hydrogen-bond acceptors (Lipinski definition) is 2. The Kier molecular flexibility index (Phi) is 25.7. The van der Waals surface area contributed by atoms with E-state index in [4.69, 9.17) is 10.2 Å². The van der Waals surface area contributed by atoms with Crippen molar-refractivity contribution >= 4 is 0 Å².